The van der Waals surface area contributed by atoms with Gasteiger partial charge < -0.3 is 55.8 Å². The van der Waals surface area contributed by atoms with E-state index in [9.17, 15) is 15.0 Å². The maximum atomic E-state index is 12.1. The minimum Gasteiger partial charge on any atom is -0.387 e. The van der Waals surface area contributed by atoms with E-state index in [0.29, 0.717) is 11.4 Å². The highest BCUT2D eigenvalue weighted by molar-refractivity contribution is 5.94. The monoisotopic (exact) mass is 646 g/mol. The molecular formula is C22H38N12O11. The predicted octanol–water partition coefficient (Wildman–Crippen LogP) is -4.01. The summed E-state index contributed by atoms with van der Waals surface area (Å²) in [5.74, 6) is -0.256. The number of nitrogens with two attached hydrogens (primary N) is 2. The third-order valence-electron chi connectivity index (χ3n) is 7.01. The van der Waals surface area contributed by atoms with Gasteiger partial charge in [0, 0.05) is 27.0 Å². The van der Waals surface area contributed by atoms with E-state index in [1.807, 2.05) is 5.64 Å². The van der Waals surface area contributed by atoms with E-state index < -0.39 is 54.6 Å². The van der Waals surface area contributed by atoms with Gasteiger partial charge in [-0.05, 0) is 12.6 Å². The zero-order chi connectivity index (χ0) is 32.7. The maximum Gasteiger partial charge on any atom is 0.277 e. The van der Waals surface area contributed by atoms with Crippen LogP contribution in [0.3, 0.4) is 0 Å². The molecule has 0 aromatic carbocycles. The molecule has 2 aliphatic rings. The van der Waals surface area contributed by atoms with Crippen LogP contribution in [-0.2, 0) is 38.5 Å². The third-order valence-corrected chi connectivity index (χ3v) is 7.01. The van der Waals surface area contributed by atoms with Gasteiger partial charge in [-0.25, -0.2) is 4.98 Å². The number of H-pyrrole nitrogens is 1. The average Bonchev–Trinajstić information content (AvgIpc) is 3.63. The first-order valence-electron chi connectivity index (χ1n) is 13.4. The van der Waals surface area contributed by atoms with E-state index in [-0.39, 0.29) is 36.5 Å². The van der Waals surface area contributed by atoms with Crippen molar-refractivity contribution in [2.45, 2.75) is 56.0 Å². The zero-order valence-electron chi connectivity index (χ0n) is 24.7. The van der Waals surface area contributed by atoms with Crippen LogP contribution in [0.15, 0.2) is 11.1 Å². The highest BCUT2D eigenvalue weighted by atomic mass is 17.1. The molecule has 0 spiro atoms. The van der Waals surface area contributed by atoms with E-state index in [2.05, 4.69) is 36.9 Å². The van der Waals surface area contributed by atoms with Crippen LogP contribution in [0.25, 0.3) is 0 Å². The molecule has 2 fully saturated rings. The van der Waals surface area contributed by atoms with Crippen molar-refractivity contribution >= 4 is 23.3 Å². The third kappa shape index (κ3) is 7.82. The SMILES string of the molecule is CNc1c(NC2OC(CONONONOCC3OC(n4cnc(C(=N)N)c4C)C(OC)C3O)C(OC)C2O)nc(N)[nH]c1=O. The normalized spacial score (nSPS) is 28.0. The molecule has 8 unspecified atom stereocenters. The Morgan fingerprint density at radius 2 is 1.76 bits per heavy atom. The predicted molar refractivity (Wildman–Crippen MR) is 150 cm³/mol. The number of methoxy groups -OCH3 is 2. The van der Waals surface area contributed by atoms with Crippen molar-refractivity contribution in [2.75, 3.05) is 50.8 Å². The van der Waals surface area contributed by atoms with Gasteiger partial charge in [0.15, 0.2) is 18.3 Å². The fourth-order valence-electron chi connectivity index (χ4n) is 4.87. The molecule has 13 N–H and O–H groups in total. The largest absolute Gasteiger partial charge is 0.387 e. The van der Waals surface area contributed by atoms with Crippen molar-refractivity contribution in [1.29, 1.82) is 5.41 Å². The Morgan fingerprint density at radius 1 is 1.09 bits per heavy atom. The van der Waals surface area contributed by atoms with Gasteiger partial charge in [-0.15, -0.1) is 0 Å². The van der Waals surface area contributed by atoms with Crippen molar-refractivity contribution < 1.29 is 48.7 Å². The quantitative estimate of drug-likeness (QED) is 0.0337. The number of aliphatic hydroxyl groups is 2. The molecular weight excluding hydrogens is 608 g/mol. The number of imidazole rings is 1. The lowest BCUT2D eigenvalue weighted by Gasteiger charge is -2.21. The number of hydrogen-bond acceptors (Lipinski definition) is 20. The van der Waals surface area contributed by atoms with E-state index in [1.54, 1.807) is 11.5 Å². The average molecular weight is 647 g/mol. The van der Waals surface area contributed by atoms with Gasteiger partial charge in [0.25, 0.3) is 5.56 Å². The minimum atomic E-state index is -1.17. The Morgan fingerprint density at radius 3 is 2.36 bits per heavy atom. The lowest BCUT2D eigenvalue weighted by molar-refractivity contribution is -0.349. The second-order valence-corrected chi connectivity index (χ2v) is 9.69. The topological polar surface area (TPSA) is 314 Å². The summed E-state index contributed by atoms with van der Waals surface area (Å²) >= 11 is 0. The van der Waals surface area contributed by atoms with Crippen LogP contribution in [0.2, 0.25) is 0 Å². The standard InChI is InChI=1S/C22H38N12O11/c1-8-11(17(23)24)27-7-34(8)21-16(39-4)13(35)9(43-21)5-40-31-44-33-45-32-41-6-10-15(38-3)14(36)20(42-10)28-18-12(26-2)19(37)30-22(25)29-18/h7,9-10,13-16,20-21,26,31-33,35-36H,5-6H2,1-4H3,(H3,23,24)(H4,25,28,29,30,37). The van der Waals surface area contributed by atoms with E-state index in [0.717, 1.165) is 0 Å². The molecule has 0 saturated carbocycles. The molecule has 23 heteroatoms. The van der Waals surface area contributed by atoms with Gasteiger partial charge in [-0.3, -0.25) is 24.9 Å². The van der Waals surface area contributed by atoms with Crippen LogP contribution in [0, 0.1) is 12.3 Å². The number of rotatable bonds is 17. The van der Waals surface area contributed by atoms with Crippen molar-refractivity contribution in [2.24, 2.45) is 5.73 Å². The number of aromatic nitrogens is 4. The van der Waals surface area contributed by atoms with Gasteiger partial charge in [-0.1, -0.05) is 11.3 Å². The molecule has 4 heterocycles. The molecule has 0 aliphatic carbocycles. The number of nitrogens with one attached hydrogen (secondary N) is 7. The van der Waals surface area contributed by atoms with Gasteiger partial charge in [0.1, 0.15) is 53.8 Å². The molecule has 2 aromatic rings. The fourth-order valence-corrected chi connectivity index (χ4v) is 4.87. The van der Waals surface area contributed by atoms with Gasteiger partial charge in [0.05, 0.1) is 19.5 Å². The number of aliphatic hydroxyl groups excluding tert-OH is 2. The van der Waals surface area contributed by atoms with Crippen LogP contribution in [0.5, 0.6) is 0 Å². The summed E-state index contributed by atoms with van der Waals surface area (Å²) < 4.78 is 24.0. The Bertz CT molecular complexity index is 1330. The van der Waals surface area contributed by atoms with Crippen LogP contribution in [0.4, 0.5) is 17.5 Å². The highest BCUT2D eigenvalue weighted by Gasteiger charge is 2.46. The minimum absolute atomic E-state index is 0.0700. The Hall–Kier alpha value is -3.56. The summed E-state index contributed by atoms with van der Waals surface area (Å²) in [6.07, 6.45) is -5.74. The molecule has 0 amide bonds. The van der Waals surface area contributed by atoms with Crippen LogP contribution >= 0.6 is 0 Å². The van der Waals surface area contributed by atoms with Crippen LogP contribution in [0.1, 0.15) is 17.6 Å². The number of nitrogen functional groups attached to an aromatic ring is 2. The number of aromatic amines is 1. The molecule has 45 heavy (non-hydrogen) atoms. The second kappa shape index (κ2) is 15.6. The molecule has 8 atom stereocenters. The van der Waals surface area contributed by atoms with Crippen molar-refractivity contribution in [3.63, 3.8) is 0 Å². The molecule has 0 bridgehead atoms. The number of amidine groups is 1. The summed E-state index contributed by atoms with van der Waals surface area (Å²) in [6, 6.07) is 0. The molecule has 0 radical (unpaired) electrons. The summed E-state index contributed by atoms with van der Waals surface area (Å²) in [7, 11) is 4.34. The highest BCUT2D eigenvalue weighted by Crippen LogP contribution is 2.33. The van der Waals surface area contributed by atoms with Gasteiger partial charge in [0.2, 0.25) is 5.95 Å². The lowest BCUT2D eigenvalue weighted by atomic mass is 10.1. The van der Waals surface area contributed by atoms with E-state index in [4.69, 9.17) is 55.4 Å². The number of hydrogen-bond donors (Lipinski definition) is 11. The first-order chi connectivity index (χ1) is 21.6. The van der Waals surface area contributed by atoms with E-state index >= 15 is 0 Å². The van der Waals surface area contributed by atoms with Gasteiger partial charge in [-0.2, -0.15) is 14.9 Å². The maximum absolute atomic E-state index is 12.1. The van der Waals surface area contributed by atoms with Crippen molar-refractivity contribution in [3.05, 3.63) is 28.1 Å². The molecule has 252 valence electrons. The molecule has 2 saturated heterocycles. The number of ether oxygens (including phenoxy) is 4. The second-order valence-electron chi connectivity index (χ2n) is 9.69. The fraction of sp³-hybridized carbons (Fsp3) is 0.636. The van der Waals surface area contributed by atoms with Crippen molar-refractivity contribution in [3.8, 4) is 0 Å². The lowest BCUT2D eigenvalue weighted by Crippen LogP contribution is -2.40. The Balaban J connectivity index is 1.14. The van der Waals surface area contributed by atoms with Gasteiger partial charge >= 0.3 is 0 Å². The summed E-state index contributed by atoms with van der Waals surface area (Å²) in [5.41, 5.74) is 17.8. The summed E-state index contributed by atoms with van der Waals surface area (Å²) in [4.78, 5) is 42.4. The number of nitrogens with zero attached hydrogens (tertiary/aromatic N) is 3. The molecule has 2 aromatic heterocycles. The smallest absolute Gasteiger partial charge is 0.277 e. The molecule has 23 nitrogen and oxygen atoms in total. The molecule has 4 rings (SSSR count). The molecule has 2 aliphatic heterocycles. The Labute approximate surface area is 255 Å². The van der Waals surface area contributed by atoms with Crippen LogP contribution < -0.4 is 44.6 Å². The van der Waals surface area contributed by atoms with Crippen LogP contribution in [-0.4, -0.2) is 113 Å². The Kier molecular flexibility index (Phi) is 11.9. The summed E-state index contributed by atoms with van der Waals surface area (Å²) in [5, 5.41) is 34.4. The number of anilines is 3. The zero-order valence-corrected chi connectivity index (χ0v) is 24.7. The van der Waals surface area contributed by atoms with E-state index in [1.165, 1.54) is 27.6 Å². The summed E-state index contributed by atoms with van der Waals surface area (Å²) in [6.45, 7) is 1.39. The first kappa shape index (κ1) is 34.3. The van der Waals surface area contributed by atoms with Crippen molar-refractivity contribution in [1.82, 2.24) is 36.4 Å². The first-order valence-corrected chi connectivity index (χ1v) is 13.4.